The van der Waals surface area contributed by atoms with Crippen LogP contribution in [-0.4, -0.2) is 33.5 Å². The predicted octanol–water partition coefficient (Wildman–Crippen LogP) is 2.46. The van der Waals surface area contributed by atoms with Crippen molar-refractivity contribution in [2.24, 2.45) is 0 Å². The molecular weight excluding hydrogens is 364 g/mol. The summed E-state index contributed by atoms with van der Waals surface area (Å²) < 4.78 is 34.1. The molecule has 3 rings (SSSR count). The van der Waals surface area contributed by atoms with Gasteiger partial charge in [0.25, 0.3) is 5.91 Å². The number of sulfonamides is 1. The summed E-state index contributed by atoms with van der Waals surface area (Å²) in [5.41, 5.74) is 1.48. The Kier molecular flexibility index (Phi) is 6.26. The van der Waals surface area contributed by atoms with Crippen LogP contribution in [0.5, 0.6) is 0 Å². The van der Waals surface area contributed by atoms with Crippen molar-refractivity contribution in [1.82, 2.24) is 10.0 Å². The molecule has 1 fully saturated rings. The number of nitrogens with one attached hydrogen (secondary N) is 2. The van der Waals surface area contributed by atoms with Crippen molar-refractivity contribution in [2.45, 2.75) is 42.9 Å². The molecule has 27 heavy (non-hydrogen) atoms. The van der Waals surface area contributed by atoms with E-state index in [-0.39, 0.29) is 22.9 Å². The fourth-order valence-electron chi connectivity index (χ4n) is 3.23. The average molecular weight is 388 g/mol. The van der Waals surface area contributed by atoms with Crippen LogP contribution in [0.4, 0.5) is 0 Å². The highest BCUT2D eigenvalue weighted by molar-refractivity contribution is 7.89. The molecule has 0 heterocycles. The van der Waals surface area contributed by atoms with Gasteiger partial charge in [-0.3, -0.25) is 4.79 Å². The van der Waals surface area contributed by atoms with E-state index in [1.54, 1.807) is 0 Å². The summed E-state index contributed by atoms with van der Waals surface area (Å²) in [4.78, 5) is 11.7. The Morgan fingerprint density at radius 2 is 1.78 bits per heavy atom. The highest BCUT2D eigenvalue weighted by Gasteiger charge is 2.32. The molecule has 1 aliphatic carbocycles. The molecular formula is C20H24N2O4S. The zero-order valence-electron chi connectivity index (χ0n) is 15.2. The summed E-state index contributed by atoms with van der Waals surface area (Å²) >= 11 is 0. The summed E-state index contributed by atoms with van der Waals surface area (Å²) in [5.74, 6) is -0.253. The van der Waals surface area contributed by atoms with Gasteiger partial charge in [-0.1, -0.05) is 30.3 Å². The predicted molar refractivity (Wildman–Crippen MR) is 103 cm³/mol. The van der Waals surface area contributed by atoms with Gasteiger partial charge in [-0.05, 0) is 49.1 Å². The Bertz CT molecular complexity index is 867. The lowest BCUT2D eigenvalue weighted by molar-refractivity contribution is 0.0325. The number of ether oxygens (including phenoxy) is 1. The molecule has 144 valence electrons. The molecule has 2 aromatic carbocycles. The largest absolute Gasteiger partial charge is 0.372 e. The maximum absolute atomic E-state index is 12.7. The summed E-state index contributed by atoms with van der Waals surface area (Å²) in [6, 6.07) is 15.5. The second-order valence-corrected chi connectivity index (χ2v) is 8.31. The van der Waals surface area contributed by atoms with Crippen LogP contribution in [0, 0.1) is 0 Å². The molecule has 0 aliphatic heterocycles. The molecule has 1 aliphatic rings. The minimum absolute atomic E-state index is 0.142. The lowest BCUT2D eigenvalue weighted by Crippen LogP contribution is -2.41. The van der Waals surface area contributed by atoms with Crippen LogP contribution < -0.4 is 10.0 Å². The molecule has 0 aromatic heterocycles. The smallest absolute Gasteiger partial charge is 0.251 e. The third kappa shape index (κ3) is 4.94. The van der Waals surface area contributed by atoms with Gasteiger partial charge in [0.1, 0.15) is 0 Å². The first kappa shape index (κ1) is 19.5. The van der Waals surface area contributed by atoms with Crippen molar-refractivity contribution < 1.29 is 17.9 Å². The van der Waals surface area contributed by atoms with Crippen LogP contribution in [0.2, 0.25) is 0 Å². The van der Waals surface area contributed by atoms with Crippen LogP contribution in [0.25, 0.3) is 0 Å². The van der Waals surface area contributed by atoms with Gasteiger partial charge in [-0.2, -0.15) is 0 Å². The summed E-state index contributed by atoms with van der Waals surface area (Å²) in [5, 5.41) is 2.51. The molecule has 0 saturated heterocycles. The first-order valence-corrected chi connectivity index (χ1v) is 10.5. The fourth-order valence-corrected chi connectivity index (χ4v) is 4.53. The van der Waals surface area contributed by atoms with Crippen LogP contribution in [0.15, 0.2) is 59.5 Å². The van der Waals surface area contributed by atoms with Crippen molar-refractivity contribution in [3.8, 4) is 0 Å². The molecule has 6 nitrogen and oxygen atoms in total. The van der Waals surface area contributed by atoms with Gasteiger partial charge in [0.05, 0.1) is 17.6 Å². The number of benzene rings is 2. The van der Waals surface area contributed by atoms with Gasteiger partial charge in [-0.15, -0.1) is 0 Å². The van der Waals surface area contributed by atoms with E-state index in [4.69, 9.17) is 4.74 Å². The second kappa shape index (κ2) is 8.65. The average Bonchev–Trinajstić information content (AvgIpc) is 3.13. The number of carbonyl (C=O) groups is 1. The molecule has 2 aromatic rings. The Balaban J connectivity index is 1.64. The van der Waals surface area contributed by atoms with Crippen molar-refractivity contribution in [3.05, 3.63) is 65.7 Å². The van der Waals surface area contributed by atoms with Crippen LogP contribution in [0.1, 0.15) is 35.2 Å². The van der Waals surface area contributed by atoms with E-state index in [0.717, 1.165) is 24.8 Å². The van der Waals surface area contributed by atoms with Gasteiger partial charge in [0.2, 0.25) is 10.0 Å². The number of amides is 1. The Labute approximate surface area is 160 Å². The SMILES string of the molecule is CNC(=O)c1ccc(S(=O)(=O)N[C@@H]2CCC[C@H]2OCc2ccccc2)cc1. The van der Waals surface area contributed by atoms with Crippen molar-refractivity contribution in [2.75, 3.05) is 7.05 Å². The van der Waals surface area contributed by atoms with E-state index in [9.17, 15) is 13.2 Å². The zero-order chi connectivity index (χ0) is 19.3. The summed E-state index contributed by atoms with van der Waals surface area (Å²) in [7, 11) is -2.14. The van der Waals surface area contributed by atoms with Crippen molar-refractivity contribution in [3.63, 3.8) is 0 Å². The molecule has 1 amide bonds. The highest BCUT2D eigenvalue weighted by Crippen LogP contribution is 2.25. The second-order valence-electron chi connectivity index (χ2n) is 6.60. The van der Waals surface area contributed by atoms with Gasteiger partial charge in [0, 0.05) is 18.7 Å². The number of hydrogen-bond acceptors (Lipinski definition) is 4. The maximum atomic E-state index is 12.7. The van der Waals surface area contributed by atoms with Gasteiger partial charge in [-0.25, -0.2) is 13.1 Å². The quantitative estimate of drug-likeness (QED) is 0.763. The van der Waals surface area contributed by atoms with Gasteiger partial charge < -0.3 is 10.1 Å². The Hall–Kier alpha value is -2.22. The van der Waals surface area contributed by atoms with Crippen molar-refractivity contribution >= 4 is 15.9 Å². The van der Waals surface area contributed by atoms with Gasteiger partial charge >= 0.3 is 0 Å². The molecule has 1 saturated carbocycles. The standard InChI is InChI=1S/C20H24N2O4S/c1-21-20(23)16-10-12-17(13-11-16)27(24,25)22-18-8-5-9-19(18)26-14-15-6-3-2-4-7-15/h2-4,6-7,10-13,18-19,22H,5,8-9,14H2,1H3,(H,21,23)/t18-,19-/m1/s1. The van der Waals surface area contributed by atoms with Gasteiger partial charge in [0.15, 0.2) is 0 Å². The topological polar surface area (TPSA) is 84.5 Å². The monoisotopic (exact) mass is 388 g/mol. The van der Waals surface area contributed by atoms with E-state index in [1.807, 2.05) is 30.3 Å². The summed E-state index contributed by atoms with van der Waals surface area (Å²) in [6.07, 6.45) is 2.34. The van der Waals surface area contributed by atoms with Crippen LogP contribution >= 0.6 is 0 Å². The molecule has 0 radical (unpaired) electrons. The summed E-state index contributed by atoms with van der Waals surface area (Å²) in [6.45, 7) is 0.463. The van der Waals surface area contributed by atoms with E-state index in [1.165, 1.54) is 31.3 Å². The third-order valence-electron chi connectivity index (χ3n) is 4.72. The number of rotatable bonds is 7. The van der Waals surface area contributed by atoms with E-state index in [0.29, 0.717) is 12.2 Å². The van der Waals surface area contributed by atoms with E-state index >= 15 is 0 Å². The fraction of sp³-hybridized carbons (Fsp3) is 0.350. The number of carbonyl (C=O) groups excluding carboxylic acids is 1. The van der Waals surface area contributed by atoms with Crippen LogP contribution in [0.3, 0.4) is 0 Å². The molecule has 2 N–H and O–H groups in total. The normalized spacial score (nSPS) is 19.7. The molecule has 0 spiro atoms. The van der Waals surface area contributed by atoms with Crippen LogP contribution in [-0.2, 0) is 21.4 Å². The van der Waals surface area contributed by atoms with E-state index in [2.05, 4.69) is 10.0 Å². The first-order valence-electron chi connectivity index (χ1n) is 8.99. The van der Waals surface area contributed by atoms with E-state index < -0.39 is 10.0 Å². The first-order chi connectivity index (χ1) is 13.0. The zero-order valence-corrected chi connectivity index (χ0v) is 16.0. The number of hydrogen-bond donors (Lipinski definition) is 2. The van der Waals surface area contributed by atoms with Crippen molar-refractivity contribution in [1.29, 1.82) is 0 Å². The maximum Gasteiger partial charge on any atom is 0.251 e. The lowest BCUT2D eigenvalue weighted by Gasteiger charge is -2.21. The molecule has 0 unspecified atom stereocenters. The molecule has 7 heteroatoms. The Morgan fingerprint density at radius 1 is 1.07 bits per heavy atom. The lowest BCUT2D eigenvalue weighted by atomic mass is 10.2. The molecule has 0 bridgehead atoms. The highest BCUT2D eigenvalue weighted by atomic mass is 32.2. The Morgan fingerprint density at radius 3 is 2.44 bits per heavy atom. The minimum atomic E-state index is -3.67. The minimum Gasteiger partial charge on any atom is -0.372 e. The third-order valence-corrected chi connectivity index (χ3v) is 6.23. The molecule has 2 atom stereocenters.